The van der Waals surface area contributed by atoms with E-state index in [4.69, 9.17) is 16.3 Å². The fourth-order valence-electron chi connectivity index (χ4n) is 2.62. The van der Waals surface area contributed by atoms with E-state index in [-0.39, 0.29) is 11.9 Å². The molecule has 2 aromatic rings. The number of hydrogen-bond donors (Lipinski definition) is 1. The fourth-order valence-corrected chi connectivity index (χ4v) is 3.62. The van der Waals surface area contributed by atoms with E-state index < -0.39 is 0 Å². The van der Waals surface area contributed by atoms with Crippen molar-refractivity contribution in [2.75, 3.05) is 12.4 Å². The molecule has 5 heteroatoms. The summed E-state index contributed by atoms with van der Waals surface area (Å²) in [5.74, 6) is 2.14. The predicted octanol–water partition coefficient (Wildman–Crippen LogP) is 4.21. The Kier molecular flexibility index (Phi) is 5.47. The van der Waals surface area contributed by atoms with E-state index in [0.29, 0.717) is 12.4 Å². The minimum absolute atomic E-state index is 0.0409. The molecule has 0 fully saturated rings. The van der Waals surface area contributed by atoms with Crippen LogP contribution in [-0.2, 0) is 10.5 Å². The third-order valence-corrected chi connectivity index (χ3v) is 4.92. The van der Waals surface area contributed by atoms with Gasteiger partial charge in [-0.15, -0.1) is 11.8 Å². The van der Waals surface area contributed by atoms with Gasteiger partial charge in [0, 0.05) is 22.8 Å². The molecule has 0 aromatic heterocycles. The van der Waals surface area contributed by atoms with Gasteiger partial charge in [-0.2, -0.15) is 0 Å². The average Bonchev–Trinajstić information content (AvgIpc) is 2.55. The number of amides is 1. The Bertz CT molecular complexity index is 692. The molecule has 0 unspecified atom stereocenters. The van der Waals surface area contributed by atoms with Gasteiger partial charge in [-0.05, 0) is 23.8 Å². The normalized spacial score (nSPS) is 16.3. The molecule has 2 aromatic carbocycles. The quantitative estimate of drug-likeness (QED) is 0.880. The lowest BCUT2D eigenvalue weighted by atomic mass is 10.0. The first-order valence-corrected chi connectivity index (χ1v) is 9.09. The maximum Gasteiger partial charge on any atom is 0.230 e. The number of fused-ring (bicyclic) bond motifs is 1. The molecule has 1 aliphatic heterocycles. The number of rotatable bonds is 5. The second-order valence-corrected chi connectivity index (χ2v) is 6.84. The Balaban J connectivity index is 1.50. The van der Waals surface area contributed by atoms with Crippen LogP contribution in [0.2, 0.25) is 5.02 Å². The van der Waals surface area contributed by atoms with Crippen molar-refractivity contribution >= 4 is 29.3 Å². The summed E-state index contributed by atoms with van der Waals surface area (Å²) in [6, 6.07) is 15.7. The topological polar surface area (TPSA) is 38.3 Å². The molecule has 1 atom stereocenters. The van der Waals surface area contributed by atoms with Crippen molar-refractivity contribution < 1.29 is 9.53 Å². The summed E-state index contributed by atoms with van der Waals surface area (Å²) < 4.78 is 5.62. The van der Waals surface area contributed by atoms with Gasteiger partial charge < -0.3 is 10.1 Å². The Morgan fingerprint density at radius 2 is 2.13 bits per heavy atom. The number of carbonyl (C=O) groups is 1. The zero-order valence-electron chi connectivity index (χ0n) is 12.6. The first kappa shape index (κ1) is 16.2. The van der Waals surface area contributed by atoms with Gasteiger partial charge in [0.2, 0.25) is 5.91 Å². The molecular weight excluding hydrogens is 330 g/mol. The summed E-state index contributed by atoms with van der Waals surface area (Å²) in [4.78, 5) is 12.2. The van der Waals surface area contributed by atoms with Gasteiger partial charge in [0.25, 0.3) is 0 Å². The highest BCUT2D eigenvalue weighted by molar-refractivity contribution is 7.99. The van der Waals surface area contributed by atoms with E-state index >= 15 is 0 Å². The Hall–Kier alpha value is -1.65. The van der Waals surface area contributed by atoms with E-state index in [1.54, 1.807) is 11.8 Å². The minimum Gasteiger partial charge on any atom is -0.493 e. The Labute approximate surface area is 145 Å². The van der Waals surface area contributed by atoms with Crippen LogP contribution in [0.1, 0.15) is 23.6 Å². The first-order chi connectivity index (χ1) is 11.2. The molecule has 1 heterocycles. The molecule has 23 heavy (non-hydrogen) atoms. The lowest BCUT2D eigenvalue weighted by Gasteiger charge is -2.26. The maximum atomic E-state index is 12.2. The number of hydrogen-bond acceptors (Lipinski definition) is 3. The van der Waals surface area contributed by atoms with Crippen molar-refractivity contribution in [3.63, 3.8) is 0 Å². The van der Waals surface area contributed by atoms with Crippen LogP contribution in [0.25, 0.3) is 0 Å². The monoisotopic (exact) mass is 347 g/mol. The number of benzene rings is 2. The summed E-state index contributed by atoms with van der Waals surface area (Å²) in [5, 5.41) is 3.83. The third kappa shape index (κ3) is 4.43. The van der Waals surface area contributed by atoms with Gasteiger partial charge in [0.05, 0.1) is 18.4 Å². The average molecular weight is 348 g/mol. The van der Waals surface area contributed by atoms with Gasteiger partial charge in [-0.3, -0.25) is 4.79 Å². The third-order valence-electron chi connectivity index (χ3n) is 3.68. The molecule has 1 amide bonds. The van der Waals surface area contributed by atoms with E-state index in [2.05, 4.69) is 5.32 Å². The first-order valence-electron chi connectivity index (χ1n) is 7.55. The molecule has 3 rings (SSSR count). The van der Waals surface area contributed by atoms with Crippen molar-refractivity contribution in [2.45, 2.75) is 18.2 Å². The van der Waals surface area contributed by atoms with Gasteiger partial charge >= 0.3 is 0 Å². The number of nitrogens with one attached hydrogen (secondary N) is 1. The number of carbonyl (C=O) groups excluding carboxylic acids is 1. The standard InChI is InChI=1S/C18H18ClNO2S/c19-14-5-3-4-13(10-14)11-23-12-18(21)20-16-8-9-22-17-7-2-1-6-15(16)17/h1-7,10,16H,8-9,11-12H2,(H,20,21)/t16-/m1/s1. The van der Waals surface area contributed by atoms with Crippen LogP contribution in [-0.4, -0.2) is 18.3 Å². The SMILES string of the molecule is O=C(CSCc1cccc(Cl)c1)N[C@@H]1CCOc2ccccc21. The van der Waals surface area contributed by atoms with E-state index in [1.807, 2.05) is 48.5 Å². The van der Waals surface area contributed by atoms with E-state index in [9.17, 15) is 4.79 Å². The van der Waals surface area contributed by atoms with Gasteiger partial charge in [0.15, 0.2) is 0 Å². The van der Waals surface area contributed by atoms with Gasteiger partial charge in [0.1, 0.15) is 5.75 Å². The van der Waals surface area contributed by atoms with E-state index in [1.165, 1.54) is 0 Å². The molecule has 3 nitrogen and oxygen atoms in total. The Morgan fingerprint density at radius 3 is 3.00 bits per heavy atom. The molecule has 0 saturated heterocycles. The lowest BCUT2D eigenvalue weighted by Crippen LogP contribution is -2.33. The fraction of sp³-hybridized carbons (Fsp3) is 0.278. The van der Waals surface area contributed by atoms with Crippen LogP contribution >= 0.6 is 23.4 Å². The zero-order chi connectivity index (χ0) is 16.1. The molecule has 1 aliphatic rings. The molecular formula is C18H18ClNO2S. The lowest BCUT2D eigenvalue weighted by molar-refractivity contribution is -0.119. The highest BCUT2D eigenvalue weighted by atomic mass is 35.5. The minimum atomic E-state index is 0.0409. The molecule has 120 valence electrons. The molecule has 0 bridgehead atoms. The van der Waals surface area contributed by atoms with Crippen LogP contribution in [0.5, 0.6) is 5.75 Å². The molecule has 0 saturated carbocycles. The van der Waals surface area contributed by atoms with Crippen LogP contribution in [0, 0.1) is 0 Å². The number of ether oxygens (including phenoxy) is 1. The van der Waals surface area contributed by atoms with Crippen LogP contribution < -0.4 is 10.1 Å². The van der Waals surface area contributed by atoms with Gasteiger partial charge in [-0.25, -0.2) is 0 Å². The van der Waals surface area contributed by atoms with E-state index in [0.717, 1.165) is 34.1 Å². The molecule has 0 aliphatic carbocycles. The second kappa shape index (κ2) is 7.75. The molecule has 0 spiro atoms. The van der Waals surface area contributed by atoms with Gasteiger partial charge in [-0.1, -0.05) is 41.9 Å². The second-order valence-electron chi connectivity index (χ2n) is 5.42. The maximum absolute atomic E-state index is 12.2. The summed E-state index contributed by atoms with van der Waals surface area (Å²) in [6.45, 7) is 0.637. The number of para-hydroxylation sites is 1. The number of thioether (sulfide) groups is 1. The Morgan fingerprint density at radius 1 is 1.26 bits per heavy atom. The molecule has 0 radical (unpaired) electrons. The number of halogens is 1. The van der Waals surface area contributed by atoms with Crippen LogP contribution in [0.4, 0.5) is 0 Å². The molecule has 1 N–H and O–H groups in total. The van der Waals surface area contributed by atoms with Crippen molar-refractivity contribution in [1.29, 1.82) is 0 Å². The summed E-state index contributed by atoms with van der Waals surface area (Å²) in [5.41, 5.74) is 2.19. The van der Waals surface area contributed by atoms with Crippen molar-refractivity contribution in [3.05, 3.63) is 64.7 Å². The van der Waals surface area contributed by atoms with Crippen molar-refractivity contribution in [3.8, 4) is 5.75 Å². The summed E-state index contributed by atoms with van der Waals surface area (Å²) >= 11 is 7.55. The van der Waals surface area contributed by atoms with Crippen LogP contribution in [0.3, 0.4) is 0 Å². The highest BCUT2D eigenvalue weighted by Crippen LogP contribution is 2.31. The van der Waals surface area contributed by atoms with Crippen LogP contribution in [0.15, 0.2) is 48.5 Å². The predicted molar refractivity (Wildman–Crippen MR) is 95.1 cm³/mol. The van der Waals surface area contributed by atoms with Crippen molar-refractivity contribution in [1.82, 2.24) is 5.32 Å². The smallest absolute Gasteiger partial charge is 0.230 e. The summed E-state index contributed by atoms with van der Waals surface area (Å²) in [6.07, 6.45) is 0.807. The summed E-state index contributed by atoms with van der Waals surface area (Å²) in [7, 11) is 0. The highest BCUT2D eigenvalue weighted by Gasteiger charge is 2.22. The largest absolute Gasteiger partial charge is 0.493 e. The zero-order valence-corrected chi connectivity index (χ0v) is 14.2. The van der Waals surface area contributed by atoms with Crippen molar-refractivity contribution in [2.24, 2.45) is 0 Å².